The fourth-order valence-electron chi connectivity index (χ4n) is 1.58. The van der Waals surface area contributed by atoms with Gasteiger partial charge in [0.2, 0.25) is 0 Å². The second kappa shape index (κ2) is 6.49. The molecule has 0 spiro atoms. The Morgan fingerprint density at radius 2 is 1.65 bits per heavy atom. The lowest BCUT2D eigenvalue weighted by atomic mass is 10.1. The molecule has 0 radical (unpaired) electrons. The molecule has 0 atom stereocenters. The molecule has 0 aliphatic carbocycles. The highest BCUT2D eigenvalue weighted by atomic mass is 32.2. The molecule has 0 saturated carbocycles. The number of hydrogen-bond donors (Lipinski definition) is 3. The quantitative estimate of drug-likeness (QED) is 0.683. The predicted molar refractivity (Wildman–Crippen MR) is 72.3 cm³/mol. The van der Waals surface area contributed by atoms with Crippen LogP contribution in [0.2, 0.25) is 0 Å². The summed E-state index contributed by atoms with van der Waals surface area (Å²) in [5, 5.41) is 4.93. The van der Waals surface area contributed by atoms with Crippen LogP contribution >= 0.6 is 0 Å². The van der Waals surface area contributed by atoms with E-state index < -0.39 is 26.8 Å². The Morgan fingerprint density at radius 3 is 2.15 bits per heavy atom. The Bertz CT molecular complexity index is 625. The first-order valence-corrected chi connectivity index (χ1v) is 7.43. The zero-order chi connectivity index (χ0) is 15.3. The maximum Gasteiger partial charge on any atom is 0.295 e. The molecule has 1 aromatic carbocycles. The van der Waals surface area contributed by atoms with Gasteiger partial charge in [-0.25, -0.2) is 0 Å². The van der Waals surface area contributed by atoms with Crippen molar-refractivity contribution in [1.82, 2.24) is 10.6 Å². The van der Waals surface area contributed by atoms with Gasteiger partial charge in [0.05, 0.1) is 5.56 Å². The molecule has 0 saturated heterocycles. The highest BCUT2D eigenvalue weighted by Gasteiger charge is 2.22. The van der Waals surface area contributed by atoms with Crippen molar-refractivity contribution in [1.29, 1.82) is 0 Å². The summed E-state index contributed by atoms with van der Waals surface area (Å²) in [7, 11) is -4.61. The molecule has 8 heteroatoms. The highest BCUT2D eigenvalue weighted by molar-refractivity contribution is 7.86. The second-order valence-electron chi connectivity index (χ2n) is 3.90. The van der Waals surface area contributed by atoms with Gasteiger partial charge >= 0.3 is 0 Å². The molecule has 0 fully saturated rings. The van der Waals surface area contributed by atoms with Crippen molar-refractivity contribution in [2.75, 3.05) is 13.1 Å². The van der Waals surface area contributed by atoms with Crippen molar-refractivity contribution in [3.63, 3.8) is 0 Å². The lowest BCUT2D eigenvalue weighted by molar-refractivity contribution is 0.0941. The minimum atomic E-state index is -4.61. The Hall–Kier alpha value is -1.93. The Balaban J connectivity index is 3.35. The van der Waals surface area contributed by atoms with Gasteiger partial charge in [-0.2, -0.15) is 8.42 Å². The molecule has 0 aliphatic heterocycles. The van der Waals surface area contributed by atoms with Crippen molar-refractivity contribution in [2.24, 2.45) is 0 Å². The van der Waals surface area contributed by atoms with Crippen molar-refractivity contribution in [3.05, 3.63) is 29.3 Å². The number of carbonyl (C=O) groups is 2. The van der Waals surface area contributed by atoms with Crippen LogP contribution in [-0.4, -0.2) is 37.9 Å². The molecule has 0 aromatic heterocycles. The van der Waals surface area contributed by atoms with E-state index in [9.17, 15) is 22.6 Å². The number of rotatable bonds is 5. The van der Waals surface area contributed by atoms with Crippen molar-refractivity contribution in [3.8, 4) is 0 Å². The van der Waals surface area contributed by atoms with Crippen LogP contribution < -0.4 is 10.6 Å². The van der Waals surface area contributed by atoms with Gasteiger partial charge in [0.1, 0.15) is 4.90 Å². The molecular formula is C12H16N2O5S. The molecule has 0 unspecified atom stereocenters. The first kappa shape index (κ1) is 16.1. The molecule has 2 amide bonds. The third-order valence-corrected chi connectivity index (χ3v) is 3.33. The summed E-state index contributed by atoms with van der Waals surface area (Å²) in [6, 6.07) is 3.49. The van der Waals surface area contributed by atoms with Crippen LogP contribution in [-0.2, 0) is 10.1 Å². The van der Waals surface area contributed by atoms with Gasteiger partial charge in [-0.1, -0.05) is 0 Å². The Labute approximate surface area is 117 Å². The highest BCUT2D eigenvalue weighted by Crippen LogP contribution is 2.18. The largest absolute Gasteiger partial charge is 0.352 e. The van der Waals surface area contributed by atoms with Gasteiger partial charge in [-0.3, -0.25) is 14.1 Å². The van der Waals surface area contributed by atoms with Crippen LogP contribution in [0.15, 0.2) is 23.1 Å². The molecule has 0 aliphatic rings. The topological polar surface area (TPSA) is 113 Å². The van der Waals surface area contributed by atoms with E-state index in [1.54, 1.807) is 13.8 Å². The van der Waals surface area contributed by atoms with Gasteiger partial charge in [-0.05, 0) is 32.0 Å². The molecule has 0 heterocycles. The van der Waals surface area contributed by atoms with E-state index in [0.717, 1.165) is 6.07 Å². The van der Waals surface area contributed by atoms with Gasteiger partial charge in [0.15, 0.2) is 0 Å². The van der Waals surface area contributed by atoms with Gasteiger partial charge in [0.25, 0.3) is 21.9 Å². The summed E-state index contributed by atoms with van der Waals surface area (Å²) in [5.41, 5.74) is -0.157. The molecule has 1 aromatic rings. The van der Waals surface area contributed by atoms with Crippen molar-refractivity contribution < 1.29 is 22.6 Å². The summed E-state index contributed by atoms with van der Waals surface area (Å²) in [6.07, 6.45) is 0. The zero-order valence-corrected chi connectivity index (χ0v) is 12.0. The molecule has 20 heavy (non-hydrogen) atoms. The Morgan fingerprint density at radius 1 is 1.10 bits per heavy atom. The lowest BCUT2D eigenvalue weighted by Gasteiger charge is -2.09. The monoisotopic (exact) mass is 300 g/mol. The zero-order valence-electron chi connectivity index (χ0n) is 11.1. The van der Waals surface area contributed by atoms with Crippen molar-refractivity contribution in [2.45, 2.75) is 18.7 Å². The lowest BCUT2D eigenvalue weighted by Crippen LogP contribution is -2.26. The molecule has 7 nitrogen and oxygen atoms in total. The van der Waals surface area contributed by atoms with Crippen molar-refractivity contribution >= 4 is 21.9 Å². The maximum atomic E-state index is 11.7. The van der Waals surface area contributed by atoms with E-state index in [1.807, 2.05) is 0 Å². The predicted octanol–water partition coefficient (Wildman–Crippen LogP) is 0.433. The first-order chi connectivity index (χ1) is 9.31. The third-order valence-electron chi connectivity index (χ3n) is 2.44. The van der Waals surface area contributed by atoms with Gasteiger partial charge in [-0.15, -0.1) is 0 Å². The molecule has 0 bridgehead atoms. The summed E-state index contributed by atoms with van der Waals surface area (Å²) in [4.78, 5) is 22.8. The maximum absolute atomic E-state index is 11.7. The fourth-order valence-corrected chi connectivity index (χ4v) is 2.30. The standard InChI is InChI=1S/C12H16N2O5S/c1-3-13-11(15)8-5-6-9(12(16)14-4-2)10(7-8)20(17,18)19/h5-7H,3-4H2,1-2H3,(H,13,15)(H,14,16)(H,17,18,19). The van der Waals surface area contributed by atoms with Crippen LogP contribution in [0.1, 0.15) is 34.6 Å². The molecule has 3 N–H and O–H groups in total. The summed E-state index contributed by atoms with van der Waals surface area (Å²) >= 11 is 0. The van der Waals surface area contributed by atoms with Crippen LogP contribution in [0.3, 0.4) is 0 Å². The average Bonchev–Trinajstić information content (AvgIpc) is 2.37. The minimum Gasteiger partial charge on any atom is -0.352 e. The fraction of sp³-hybridized carbons (Fsp3) is 0.333. The third kappa shape index (κ3) is 3.78. The van der Waals surface area contributed by atoms with E-state index >= 15 is 0 Å². The first-order valence-electron chi connectivity index (χ1n) is 5.99. The number of hydrogen-bond acceptors (Lipinski definition) is 4. The van der Waals surface area contributed by atoms with E-state index in [-0.39, 0.29) is 11.1 Å². The van der Waals surface area contributed by atoms with Crippen LogP contribution in [0.25, 0.3) is 0 Å². The number of nitrogens with one attached hydrogen (secondary N) is 2. The van der Waals surface area contributed by atoms with Gasteiger partial charge < -0.3 is 10.6 Å². The van der Waals surface area contributed by atoms with E-state index in [4.69, 9.17) is 0 Å². The second-order valence-corrected chi connectivity index (χ2v) is 5.29. The summed E-state index contributed by atoms with van der Waals surface area (Å²) in [6.45, 7) is 4.07. The number of carbonyl (C=O) groups excluding carboxylic acids is 2. The van der Waals surface area contributed by atoms with Crippen LogP contribution in [0.5, 0.6) is 0 Å². The molecule has 110 valence electrons. The van der Waals surface area contributed by atoms with E-state index in [1.165, 1.54) is 12.1 Å². The van der Waals surface area contributed by atoms with Crippen LogP contribution in [0, 0.1) is 0 Å². The van der Waals surface area contributed by atoms with Crippen LogP contribution in [0.4, 0.5) is 0 Å². The Kier molecular flexibility index (Phi) is 5.23. The summed E-state index contributed by atoms with van der Waals surface area (Å²) < 4.78 is 31.9. The normalized spacial score (nSPS) is 10.9. The van der Waals surface area contributed by atoms with E-state index in [0.29, 0.717) is 13.1 Å². The minimum absolute atomic E-state index is 0.0486. The van der Waals surface area contributed by atoms with E-state index in [2.05, 4.69) is 10.6 Å². The average molecular weight is 300 g/mol. The SMILES string of the molecule is CCNC(=O)c1ccc(C(=O)NCC)c(S(=O)(=O)O)c1. The number of amides is 2. The smallest absolute Gasteiger partial charge is 0.295 e. The summed E-state index contributed by atoms with van der Waals surface area (Å²) in [5.74, 6) is -1.12. The number of benzene rings is 1. The van der Waals surface area contributed by atoms with Gasteiger partial charge in [0, 0.05) is 18.7 Å². The molecular weight excluding hydrogens is 284 g/mol. The molecule has 1 rings (SSSR count).